The largest absolute Gasteiger partial charge is 1.00 e. The van der Waals surface area contributed by atoms with Crippen LogP contribution >= 0.6 is 12.4 Å². The zero-order valence-corrected chi connectivity index (χ0v) is 21.0. The van der Waals surface area contributed by atoms with Gasteiger partial charge in [0.1, 0.15) is 0 Å². The van der Waals surface area contributed by atoms with E-state index in [-0.39, 0.29) is 60.3 Å². The molecule has 2 rings (SSSR count). The first-order chi connectivity index (χ1) is 14.7. The van der Waals surface area contributed by atoms with Crippen molar-refractivity contribution in [2.45, 2.75) is 38.5 Å². The topological polar surface area (TPSA) is 155 Å². The Morgan fingerprint density at radius 1 is 1.00 bits per heavy atom. The molecule has 0 unspecified atom stereocenters. The molecule has 0 aromatic heterocycles. The summed E-state index contributed by atoms with van der Waals surface area (Å²) in [4.78, 5) is 40.8. The van der Waals surface area contributed by atoms with Crippen LogP contribution in [0.5, 0.6) is 0 Å². The molecule has 17 heteroatoms. The molecule has 0 spiro atoms. The first-order valence-electron chi connectivity index (χ1n) is 9.60. The predicted molar refractivity (Wildman–Crippen MR) is 110 cm³/mol. The van der Waals surface area contributed by atoms with Gasteiger partial charge in [-0.2, -0.15) is 0 Å². The SMILES string of the molecule is Cl.O=C(NCC(F)F)[C@H]1CCCNC1.O=NN1CCC[C@H](C(=O)NCC(F)F)C1.O=N[O-].[Na+]. The number of rotatable bonds is 7. The third kappa shape index (κ3) is 18.8. The second-order valence-electron chi connectivity index (χ2n) is 6.72. The molecule has 2 amide bonds. The maximum absolute atomic E-state index is 11.8. The summed E-state index contributed by atoms with van der Waals surface area (Å²) in [7, 11) is 0. The fraction of sp³-hybridized carbons (Fsp3) is 0.875. The summed E-state index contributed by atoms with van der Waals surface area (Å²) in [6.07, 6.45) is -1.98. The first-order valence-corrected chi connectivity index (χ1v) is 9.60. The molecule has 0 aliphatic carbocycles. The number of carbonyl (C=O) groups excluding carboxylic acids is 2. The van der Waals surface area contributed by atoms with E-state index in [0.717, 1.165) is 24.7 Å². The van der Waals surface area contributed by atoms with Gasteiger partial charge in [-0.05, 0) is 32.2 Å². The minimum Gasteiger partial charge on any atom is -0.444 e. The molecular weight excluding hydrogens is 491 g/mol. The summed E-state index contributed by atoms with van der Waals surface area (Å²) in [5, 5.41) is 20.4. The Kier molecular flexibility index (Phi) is 24.7. The normalized spacial score (nSPS) is 19.3. The summed E-state index contributed by atoms with van der Waals surface area (Å²) in [6, 6.07) is 0. The van der Waals surface area contributed by atoms with Gasteiger partial charge >= 0.3 is 29.6 Å². The van der Waals surface area contributed by atoms with Gasteiger partial charge in [0, 0.05) is 13.1 Å². The number of piperidine rings is 2. The van der Waals surface area contributed by atoms with Crippen LogP contribution in [0, 0.1) is 26.9 Å². The summed E-state index contributed by atoms with van der Waals surface area (Å²) in [5.41, 5.74) is 0. The van der Waals surface area contributed by atoms with Gasteiger partial charge in [0.25, 0.3) is 12.9 Å². The maximum atomic E-state index is 11.8. The third-order valence-electron chi connectivity index (χ3n) is 4.42. The standard InChI is InChI=1S/C8H13F2N3O2.C8H14F2N2O.ClH.HNO2.Na/c9-7(10)4-11-8(14)6-2-1-3-13(5-6)12-15;9-7(10)5-12-8(13)6-2-1-3-11-4-6;;2-1-3;/h6-7H,1-5H2,(H,11,14);6-7,11H,1-5H2,(H,12,13);1H;(H,2,3);/q;;;;+1/p-1/t2*6-;;;/m00.../s1. The van der Waals surface area contributed by atoms with Gasteiger partial charge in [-0.15, -0.1) is 22.7 Å². The Morgan fingerprint density at radius 2 is 1.48 bits per heavy atom. The fourth-order valence-corrected chi connectivity index (χ4v) is 2.97. The molecule has 0 bridgehead atoms. The van der Waals surface area contributed by atoms with Crippen molar-refractivity contribution in [1.29, 1.82) is 0 Å². The van der Waals surface area contributed by atoms with Gasteiger partial charge in [0.2, 0.25) is 11.8 Å². The van der Waals surface area contributed by atoms with E-state index >= 15 is 0 Å². The van der Waals surface area contributed by atoms with Crippen LogP contribution in [0.4, 0.5) is 17.6 Å². The molecule has 2 aliphatic rings. The van der Waals surface area contributed by atoms with Crippen LogP contribution in [0.25, 0.3) is 0 Å². The summed E-state index contributed by atoms with van der Waals surface area (Å²) in [5.74, 6) is -1.22. The van der Waals surface area contributed by atoms with Gasteiger partial charge in [-0.3, -0.25) is 14.6 Å². The summed E-state index contributed by atoms with van der Waals surface area (Å²) < 4.78 is 47.1. The predicted octanol–water partition coefficient (Wildman–Crippen LogP) is -1.20. The van der Waals surface area contributed by atoms with E-state index in [1.54, 1.807) is 0 Å². The van der Waals surface area contributed by atoms with Gasteiger partial charge < -0.3 is 26.1 Å². The Morgan fingerprint density at radius 3 is 1.91 bits per heavy atom. The minimum absolute atomic E-state index is 0. The molecule has 2 heterocycles. The van der Waals surface area contributed by atoms with Crippen LogP contribution in [-0.2, 0) is 9.59 Å². The number of hydrogen-bond acceptors (Lipinski definition) is 8. The molecule has 2 atom stereocenters. The van der Waals surface area contributed by atoms with Gasteiger partial charge in [-0.1, -0.05) is 0 Å². The third-order valence-corrected chi connectivity index (χ3v) is 4.42. The number of nitrogens with zero attached hydrogens (tertiary/aromatic N) is 3. The van der Waals surface area contributed by atoms with Gasteiger partial charge in [0.15, 0.2) is 0 Å². The molecule has 33 heavy (non-hydrogen) atoms. The van der Waals surface area contributed by atoms with Gasteiger partial charge in [0.05, 0.1) is 36.8 Å². The van der Waals surface area contributed by atoms with Crippen LogP contribution in [0.1, 0.15) is 25.7 Å². The quantitative estimate of drug-likeness (QED) is 0.165. The van der Waals surface area contributed by atoms with Crippen LogP contribution in [0.3, 0.4) is 0 Å². The number of alkyl halides is 4. The van der Waals surface area contributed by atoms with E-state index in [1.807, 2.05) is 0 Å². The number of nitrogens with one attached hydrogen (secondary N) is 3. The van der Waals surface area contributed by atoms with Crippen molar-refractivity contribution in [3.8, 4) is 0 Å². The molecule has 2 saturated heterocycles. The number of halogens is 5. The van der Waals surface area contributed by atoms with Crippen LogP contribution < -0.4 is 45.5 Å². The van der Waals surface area contributed by atoms with Crippen molar-refractivity contribution in [3.63, 3.8) is 0 Å². The molecule has 2 fully saturated rings. The molecule has 0 radical (unpaired) electrons. The smallest absolute Gasteiger partial charge is 0.444 e. The molecule has 188 valence electrons. The van der Waals surface area contributed by atoms with Crippen LogP contribution in [0.2, 0.25) is 0 Å². The zero-order valence-electron chi connectivity index (χ0n) is 18.2. The fourth-order valence-electron chi connectivity index (χ4n) is 2.97. The van der Waals surface area contributed by atoms with E-state index in [1.165, 1.54) is 5.01 Å². The van der Waals surface area contributed by atoms with Crippen molar-refractivity contribution in [2.24, 2.45) is 22.5 Å². The maximum Gasteiger partial charge on any atom is 1.00 e. The van der Waals surface area contributed by atoms with Crippen molar-refractivity contribution in [3.05, 3.63) is 15.0 Å². The van der Waals surface area contributed by atoms with E-state index in [9.17, 15) is 32.1 Å². The molecule has 3 N–H and O–H groups in total. The number of nitroso groups, excluding NO2 is 1. The average Bonchev–Trinajstić information content (AvgIpc) is 2.77. The number of amides is 2. The monoisotopic (exact) mass is 518 g/mol. The van der Waals surface area contributed by atoms with E-state index in [0.29, 0.717) is 25.9 Å². The second kappa shape index (κ2) is 22.5. The van der Waals surface area contributed by atoms with E-state index in [4.69, 9.17) is 10.1 Å². The summed E-state index contributed by atoms with van der Waals surface area (Å²) >= 11 is 0. The molecule has 0 saturated carbocycles. The molecule has 11 nitrogen and oxygen atoms in total. The van der Waals surface area contributed by atoms with Crippen LogP contribution in [0.15, 0.2) is 10.6 Å². The van der Waals surface area contributed by atoms with Crippen LogP contribution in [-0.4, -0.2) is 68.9 Å². The average molecular weight is 519 g/mol. The number of carbonyl (C=O) groups is 2. The van der Waals surface area contributed by atoms with Gasteiger partial charge in [-0.25, -0.2) is 17.6 Å². The Balaban J connectivity index is -0.000000465. The van der Waals surface area contributed by atoms with Crippen molar-refractivity contribution in [2.75, 3.05) is 39.3 Å². The Bertz CT molecular complexity index is 554. The molecule has 0 aromatic rings. The van der Waals surface area contributed by atoms with E-state index in [2.05, 4.69) is 21.2 Å². The second-order valence-corrected chi connectivity index (χ2v) is 6.72. The Hall–Kier alpha value is -1.29. The Labute approximate surface area is 216 Å². The van der Waals surface area contributed by atoms with E-state index < -0.39 is 37.8 Å². The first kappa shape index (κ1) is 36.3. The van der Waals surface area contributed by atoms with Crippen molar-refractivity contribution >= 4 is 24.2 Å². The van der Waals surface area contributed by atoms with Crippen molar-refractivity contribution in [1.82, 2.24) is 21.0 Å². The number of hydrogen-bond donors (Lipinski definition) is 3. The molecular formula is C16H28ClF4N6NaO5. The summed E-state index contributed by atoms with van der Waals surface area (Å²) in [6.45, 7) is 1.10. The minimum atomic E-state index is -2.54. The van der Waals surface area contributed by atoms with Crippen molar-refractivity contribution < 1.29 is 56.7 Å². The zero-order chi connectivity index (χ0) is 23.6. The molecule has 0 aromatic carbocycles. The molecule has 2 aliphatic heterocycles.